The lowest BCUT2D eigenvalue weighted by Crippen LogP contribution is -2.49. The summed E-state index contributed by atoms with van der Waals surface area (Å²) < 4.78 is 61.8. The molecule has 2 heterocycles. The molecule has 1 N–H and O–H groups in total. The van der Waals surface area contributed by atoms with Crippen LogP contribution in [0.5, 0.6) is 0 Å². The number of carbonyl (C=O) groups is 2. The summed E-state index contributed by atoms with van der Waals surface area (Å²) in [6.07, 6.45) is 4.59. The molecule has 0 unspecified atom stereocenters. The molecule has 1 aromatic heterocycles. The molecule has 3 aromatic rings. The number of fused-ring (bicyclic) bond motifs is 1. The van der Waals surface area contributed by atoms with Crippen LogP contribution in [0.25, 0.3) is 17.1 Å². The first kappa shape index (κ1) is 25.5. The molecule has 4 rings (SSSR count). The smallest absolute Gasteiger partial charge is 0.339 e. The number of allylic oxidation sites excluding steroid dienone is 1. The van der Waals surface area contributed by atoms with Crippen molar-refractivity contribution < 1.29 is 31.2 Å². The lowest BCUT2D eigenvalue weighted by Gasteiger charge is -2.32. The number of likely N-dealkylation sites (tertiary alicyclic amines) is 1. The Balaban J connectivity index is 1.34. The lowest BCUT2D eigenvalue weighted by molar-refractivity contribution is -0.0453. The maximum absolute atomic E-state index is 12.7. The van der Waals surface area contributed by atoms with Crippen LogP contribution in [0.4, 0.5) is 13.2 Å². The predicted octanol–water partition coefficient (Wildman–Crippen LogP) is 3.57. The zero-order chi connectivity index (χ0) is 25.9. The van der Waals surface area contributed by atoms with Gasteiger partial charge in [-0.25, -0.2) is 18.1 Å². The van der Waals surface area contributed by atoms with Crippen LogP contribution in [-0.2, 0) is 10.0 Å². The Morgan fingerprint density at radius 3 is 2.22 bits per heavy atom. The van der Waals surface area contributed by atoms with E-state index in [4.69, 9.17) is 0 Å². The van der Waals surface area contributed by atoms with Gasteiger partial charge < -0.3 is 4.90 Å². The minimum atomic E-state index is -5.43. The molecule has 1 saturated heterocycles. The van der Waals surface area contributed by atoms with E-state index in [1.54, 1.807) is 17.0 Å². The molecule has 1 amide bonds. The molecule has 8 nitrogen and oxygen atoms in total. The number of nitrogens with zero attached hydrogens (tertiary/aromatic N) is 3. The summed E-state index contributed by atoms with van der Waals surface area (Å²) in [5.41, 5.74) is -2.74. The average molecular weight is 519 g/mol. The van der Waals surface area contributed by atoms with Crippen molar-refractivity contribution in [1.29, 1.82) is 0 Å². The highest BCUT2D eigenvalue weighted by Crippen LogP contribution is 2.24. The van der Waals surface area contributed by atoms with Crippen molar-refractivity contribution in [2.24, 2.45) is 0 Å². The third-order valence-corrected chi connectivity index (χ3v) is 6.95. The Morgan fingerprint density at radius 1 is 0.972 bits per heavy atom. The number of sulfonamides is 1. The number of para-hydroxylation sites is 2. The molecule has 0 atom stereocenters. The average Bonchev–Trinajstić information content (AvgIpc) is 2.86. The molecule has 0 saturated carbocycles. The van der Waals surface area contributed by atoms with Gasteiger partial charge in [0.2, 0.25) is 0 Å². The molecular weight excluding hydrogens is 497 g/mol. The first-order valence-corrected chi connectivity index (χ1v) is 12.4. The number of carbonyl (C=O) groups excluding carboxylic acids is 2. The summed E-state index contributed by atoms with van der Waals surface area (Å²) in [7, 11) is -5.43. The van der Waals surface area contributed by atoms with E-state index in [2.05, 4.69) is 9.97 Å². The highest BCUT2D eigenvalue weighted by Gasteiger charge is 2.47. The molecule has 0 aliphatic carbocycles. The molecule has 0 bridgehead atoms. The van der Waals surface area contributed by atoms with E-state index in [1.807, 2.05) is 24.3 Å². The molecule has 12 heteroatoms. The molecule has 1 aliphatic heterocycles. The lowest BCUT2D eigenvalue weighted by atomic mass is 10.0. The second kappa shape index (κ2) is 10.2. The van der Waals surface area contributed by atoms with Crippen LogP contribution in [0.15, 0.2) is 60.8 Å². The number of alkyl halides is 3. The van der Waals surface area contributed by atoms with Gasteiger partial charge in [0, 0.05) is 30.3 Å². The van der Waals surface area contributed by atoms with E-state index in [0.717, 1.165) is 5.52 Å². The summed E-state index contributed by atoms with van der Waals surface area (Å²) in [6.45, 7) is 0.195. The fourth-order valence-electron chi connectivity index (χ4n) is 3.76. The number of aromatic nitrogens is 2. The Bertz CT molecular complexity index is 1420. The molecule has 0 spiro atoms. The maximum atomic E-state index is 12.7. The van der Waals surface area contributed by atoms with Crippen LogP contribution in [0.2, 0.25) is 0 Å². The zero-order valence-corrected chi connectivity index (χ0v) is 19.6. The first-order valence-electron chi connectivity index (χ1n) is 11.0. The third kappa shape index (κ3) is 5.77. The summed E-state index contributed by atoms with van der Waals surface area (Å²) >= 11 is 0. The topological polar surface area (TPSA) is 109 Å². The number of hydrogen-bond donors (Lipinski definition) is 1. The van der Waals surface area contributed by atoms with Crippen molar-refractivity contribution in [3.05, 3.63) is 77.6 Å². The monoisotopic (exact) mass is 518 g/mol. The van der Waals surface area contributed by atoms with Gasteiger partial charge in [-0.2, -0.15) is 13.2 Å². The fraction of sp³-hybridized carbons (Fsp3) is 0.250. The third-order valence-electron chi connectivity index (χ3n) is 5.70. The Morgan fingerprint density at radius 2 is 1.58 bits per heavy atom. The van der Waals surface area contributed by atoms with Gasteiger partial charge in [-0.1, -0.05) is 24.3 Å². The van der Waals surface area contributed by atoms with E-state index < -0.39 is 21.6 Å². The van der Waals surface area contributed by atoms with Gasteiger partial charge in [0.1, 0.15) is 0 Å². The summed E-state index contributed by atoms with van der Waals surface area (Å²) in [4.78, 5) is 35.4. The van der Waals surface area contributed by atoms with Crippen LogP contribution >= 0.6 is 0 Å². The summed E-state index contributed by atoms with van der Waals surface area (Å²) in [5.74, 6) is -0.644. The number of hydrogen-bond acceptors (Lipinski definition) is 6. The van der Waals surface area contributed by atoms with Gasteiger partial charge in [-0.05, 0) is 49.3 Å². The summed E-state index contributed by atoms with van der Waals surface area (Å²) in [6, 6.07) is 12.5. The van der Waals surface area contributed by atoms with E-state index >= 15 is 0 Å². The van der Waals surface area contributed by atoms with Gasteiger partial charge >= 0.3 is 15.5 Å². The number of nitrogens with one attached hydrogen (secondary N) is 1. The van der Waals surface area contributed by atoms with Crippen LogP contribution in [0.1, 0.15) is 39.3 Å². The van der Waals surface area contributed by atoms with E-state index in [9.17, 15) is 31.2 Å². The molecular formula is C24H21F3N4O4S. The van der Waals surface area contributed by atoms with Crippen LogP contribution in [0, 0.1) is 0 Å². The van der Waals surface area contributed by atoms with Crippen molar-refractivity contribution in [3.63, 3.8) is 0 Å². The number of amides is 1. The van der Waals surface area contributed by atoms with Crippen LogP contribution < -0.4 is 4.72 Å². The maximum Gasteiger partial charge on any atom is 0.511 e. The zero-order valence-electron chi connectivity index (χ0n) is 18.8. The highest BCUT2D eigenvalue weighted by molar-refractivity contribution is 7.90. The van der Waals surface area contributed by atoms with Crippen molar-refractivity contribution in [2.45, 2.75) is 24.4 Å². The quantitative estimate of drug-likeness (QED) is 0.395. The van der Waals surface area contributed by atoms with Crippen LogP contribution in [-0.4, -0.2) is 59.6 Å². The van der Waals surface area contributed by atoms with Gasteiger partial charge in [0.15, 0.2) is 5.78 Å². The van der Waals surface area contributed by atoms with Crippen molar-refractivity contribution in [3.8, 4) is 0 Å². The number of piperidine rings is 1. The van der Waals surface area contributed by atoms with Gasteiger partial charge in [0.05, 0.1) is 22.9 Å². The Hall–Kier alpha value is -3.64. The number of halogens is 3. The molecule has 188 valence electrons. The standard InChI is InChI=1S/C24H21F3N4O4S/c25-24(26,27)36(34,35)30-18-11-13-31(14-12-18)23(33)17-7-5-16(6-8-17)22(32)10-9-19-15-28-20-3-1-2-4-21(20)29-19/h1-10,15,18,30H,11-14H2. The highest BCUT2D eigenvalue weighted by atomic mass is 32.2. The van der Waals surface area contributed by atoms with Crippen molar-refractivity contribution >= 4 is 38.8 Å². The second-order valence-corrected chi connectivity index (χ2v) is 9.90. The molecule has 2 aromatic carbocycles. The van der Waals surface area contributed by atoms with Crippen molar-refractivity contribution in [1.82, 2.24) is 19.6 Å². The predicted molar refractivity (Wildman–Crippen MR) is 126 cm³/mol. The van der Waals surface area contributed by atoms with Crippen LogP contribution in [0.3, 0.4) is 0 Å². The van der Waals surface area contributed by atoms with E-state index in [1.165, 1.54) is 35.2 Å². The van der Waals surface area contributed by atoms with Gasteiger partial charge in [-0.15, -0.1) is 0 Å². The molecule has 1 fully saturated rings. The fourth-order valence-corrected chi connectivity index (χ4v) is 4.56. The van der Waals surface area contributed by atoms with Gasteiger partial charge in [0.25, 0.3) is 5.91 Å². The number of benzene rings is 2. The summed E-state index contributed by atoms with van der Waals surface area (Å²) in [5, 5.41) is 0. The number of rotatable bonds is 6. The van der Waals surface area contributed by atoms with E-state index in [0.29, 0.717) is 22.3 Å². The second-order valence-electron chi connectivity index (χ2n) is 8.19. The Labute approximate surface area is 204 Å². The molecule has 1 aliphatic rings. The number of ketones is 1. The Kier molecular flexibility index (Phi) is 7.18. The molecule has 36 heavy (non-hydrogen) atoms. The molecule has 0 radical (unpaired) electrons. The first-order chi connectivity index (χ1) is 17.0. The van der Waals surface area contributed by atoms with E-state index in [-0.39, 0.29) is 37.6 Å². The largest absolute Gasteiger partial charge is 0.511 e. The van der Waals surface area contributed by atoms with Gasteiger partial charge in [-0.3, -0.25) is 14.6 Å². The minimum Gasteiger partial charge on any atom is -0.339 e. The van der Waals surface area contributed by atoms with Crippen molar-refractivity contribution in [2.75, 3.05) is 13.1 Å². The SMILES string of the molecule is O=C(C=Cc1cnc2ccccc2n1)c1ccc(C(=O)N2CCC(NS(=O)(=O)C(F)(F)F)CC2)cc1. The normalized spacial score (nSPS) is 15.5. The minimum absolute atomic E-state index is 0.0556.